The molecule has 3 aromatic rings. The lowest BCUT2D eigenvalue weighted by Gasteiger charge is -2.37. The Morgan fingerprint density at radius 1 is 1.14 bits per heavy atom. The minimum absolute atomic E-state index is 0.155. The van der Waals surface area contributed by atoms with E-state index in [1.807, 2.05) is 23.1 Å². The van der Waals surface area contributed by atoms with Crippen molar-refractivity contribution in [2.24, 2.45) is 0 Å². The minimum Gasteiger partial charge on any atom is -0.493 e. The van der Waals surface area contributed by atoms with Crippen LogP contribution >= 0.6 is 0 Å². The highest BCUT2D eigenvalue weighted by Crippen LogP contribution is 2.36. The fourth-order valence-corrected chi connectivity index (χ4v) is 3.35. The van der Waals surface area contributed by atoms with Crippen LogP contribution in [0.5, 0.6) is 5.75 Å². The van der Waals surface area contributed by atoms with Gasteiger partial charge in [0.15, 0.2) is 23.6 Å². The highest BCUT2D eigenvalue weighted by atomic mass is 19.2. The molecule has 1 aliphatic heterocycles. The zero-order chi connectivity index (χ0) is 19.7. The van der Waals surface area contributed by atoms with Gasteiger partial charge in [-0.15, -0.1) is 0 Å². The normalized spacial score (nSPS) is 16.0. The Morgan fingerprint density at radius 3 is 2.71 bits per heavy atom. The maximum atomic E-state index is 14.0. The van der Waals surface area contributed by atoms with Gasteiger partial charge >= 0.3 is 0 Å². The lowest BCUT2D eigenvalue weighted by molar-refractivity contribution is 0.0932. The highest BCUT2D eigenvalue weighted by Gasteiger charge is 2.30. The molecule has 2 aromatic heterocycles. The fraction of sp³-hybridized carbons (Fsp3) is 0.250. The number of hydrogen-bond acceptors (Lipinski definition) is 6. The quantitative estimate of drug-likeness (QED) is 0.686. The van der Waals surface area contributed by atoms with Crippen LogP contribution in [-0.2, 0) is 11.2 Å². The Balaban J connectivity index is 1.71. The maximum Gasteiger partial charge on any atom is 0.200 e. The Hall–Kier alpha value is -3.13. The van der Waals surface area contributed by atoms with Crippen molar-refractivity contribution in [3.8, 4) is 17.3 Å². The molecule has 0 fully saturated rings. The summed E-state index contributed by atoms with van der Waals surface area (Å²) in [6.07, 6.45) is 3.45. The van der Waals surface area contributed by atoms with Crippen LogP contribution in [-0.4, -0.2) is 35.7 Å². The number of halogens is 2. The zero-order valence-corrected chi connectivity index (χ0v) is 15.4. The molecule has 1 aliphatic rings. The van der Waals surface area contributed by atoms with Gasteiger partial charge < -0.3 is 14.4 Å². The number of aromatic nitrogens is 3. The van der Waals surface area contributed by atoms with E-state index in [-0.39, 0.29) is 5.75 Å². The standard InChI is InChI=1S/C20H18F2N4O2/c1-27-17-10-12(9-14(21)18(17)22)26-8-6-15-13(20(26)28-2)11-24-19(25-15)16-5-3-4-7-23-16/h3-5,7,9-11,20H,6,8H2,1-2H3. The van der Waals surface area contributed by atoms with Crippen molar-refractivity contribution in [3.05, 3.63) is 65.6 Å². The summed E-state index contributed by atoms with van der Waals surface area (Å²) in [7, 11) is 2.85. The van der Waals surface area contributed by atoms with Crippen molar-refractivity contribution >= 4 is 5.69 Å². The van der Waals surface area contributed by atoms with E-state index >= 15 is 0 Å². The summed E-state index contributed by atoms with van der Waals surface area (Å²) in [6, 6.07) is 8.15. The number of ether oxygens (including phenoxy) is 2. The topological polar surface area (TPSA) is 60.4 Å². The van der Waals surface area contributed by atoms with E-state index < -0.39 is 17.9 Å². The second kappa shape index (κ2) is 7.47. The van der Waals surface area contributed by atoms with Gasteiger partial charge in [0.2, 0.25) is 5.82 Å². The molecule has 0 spiro atoms. The first-order chi connectivity index (χ1) is 13.6. The van der Waals surface area contributed by atoms with Gasteiger partial charge in [-0.2, -0.15) is 4.39 Å². The summed E-state index contributed by atoms with van der Waals surface area (Å²) in [4.78, 5) is 15.2. The van der Waals surface area contributed by atoms with Crippen molar-refractivity contribution in [2.75, 3.05) is 25.7 Å². The van der Waals surface area contributed by atoms with Crippen molar-refractivity contribution in [1.29, 1.82) is 0 Å². The molecule has 0 radical (unpaired) electrons. The molecule has 6 nitrogen and oxygen atoms in total. The summed E-state index contributed by atoms with van der Waals surface area (Å²) >= 11 is 0. The molecule has 0 bridgehead atoms. The molecular formula is C20H18F2N4O2. The molecule has 0 saturated carbocycles. The maximum absolute atomic E-state index is 14.0. The van der Waals surface area contributed by atoms with Gasteiger partial charge in [-0.1, -0.05) is 6.07 Å². The molecule has 3 heterocycles. The molecular weight excluding hydrogens is 366 g/mol. The van der Waals surface area contributed by atoms with Crippen molar-refractivity contribution < 1.29 is 18.3 Å². The number of anilines is 1. The lowest BCUT2D eigenvalue weighted by Crippen LogP contribution is -2.37. The Morgan fingerprint density at radius 2 is 2.00 bits per heavy atom. The first-order valence-electron chi connectivity index (χ1n) is 8.72. The van der Waals surface area contributed by atoms with Crippen LogP contribution in [0.1, 0.15) is 17.5 Å². The fourth-order valence-electron chi connectivity index (χ4n) is 3.35. The van der Waals surface area contributed by atoms with E-state index in [0.29, 0.717) is 30.2 Å². The van der Waals surface area contributed by atoms with Gasteiger partial charge in [0.1, 0.15) is 5.69 Å². The summed E-state index contributed by atoms with van der Waals surface area (Å²) < 4.78 is 38.4. The number of nitrogens with zero attached hydrogens (tertiary/aromatic N) is 4. The number of rotatable bonds is 4. The number of fused-ring (bicyclic) bond motifs is 1. The second-order valence-electron chi connectivity index (χ2n) is 6.29. The summed E-state index contributed by atoms with van der Waals surface area (Å²) in [6.45, 7) is 0.512. The van der Waals surface area contributed by atoms with Crippen LogP contribution < -0.4 is 9.64 Å². The monoisotopic (exact) mass is 384 g/mol. The van der Waals surface area contributed by atoms with Gasteiger partial charge in [0.05, 0.1) is 12.8 Å². The first-order valence-corrected chi connectivity index (χ1v) is 8.72. The summed E-state index contributed by atoms with van der Waals surface area (Å²) in [5.41, 5.74) is 2.76. The van der Waals surface area contributed by atoms with E-state index in [1.54, 1.807) is 19.5 Å². The molecule has 4 rings (SSSR count). The smallest absolute Gasteiger partial charge is 0.200 e. The third-order valence-corrected chi connectivity index (χ3v) is 4.69. The largest absolute Gasteiger partial charge is 0.493 e. The van der Waals surface area contributed by atoms with Gasteiger partial charge in [0.25, 0.3) is 0 Å². The third-order valence-electron chi connectivity index (χ3n) is 4.69. The molecule has 0 saturated heterocycles. The molecule has 1 aromatic carbocycles. The number of pyridine rings is 1. The van der Waals surface area contributed by atoms with Crippen molar-refractivity contribution in [1.82, 2.24) is 15.0 Å². The predicted octanol–water partition coefficient (Wildman–Crippen LogP) is 3.53. The molecule has 0 aliphatic carbocycles. The van der Waals surface area contributed by atoms with Crippen LogP contribution in [0.25, 0.3) is 11.5 Å². The predicted molar refractivity (Wildman–Crippen MR) is 99.0 cm³/mol. The van der Waals surface area contributed by atoms with Crippen LogP contribution in [0.3, 0.4) is 0 Å². The van der Waals surface area contributed by atoms with Crippen LogP contribution in [0.2, 0.25) is 0 Å². The average Bonchev–Trinajstić information content (AvgIpc) is 2.75. The van der Waals surface area contributed by atoms with Gasteiger partial charge in [0, 0.05) is 55.9 Å². The Kier molecular flexibility index (Phi) is 4.87. The number of hydrogen-bond donors (Lipinski definition) is 0. The molecule has 1 atom stereocenters. The van der Waals surface area contributed by atoms with E-state index in [1.165, 1.54) is 13.2 Å². The minimum atomic E-state index is -1.01. The third kappa shape index (κ3) is 3.16. The van der Waals surface area contributed by atoms with E-state index in [4.69, 9.17) is 9.47 Å². The van der Waals surface area contributed by atoms with Crippen molar-refractivity contribution in [2.45, 2.75) is 12.6 Å². The summed E-state index contributed by atoms with van der Waals surface area (Å²) in [5, 5.41) is 0. The SMILES string of the molecule is COc1cc(N2CCc3nc(-c4ccccn4)ncc3C2OC)cc(F)c1F. The summed E-state index contributed by atoms with van der Waals surface area (Å²) in [5.74, 6) is -1.60. The Labute approximate surface area is 160 Å². The molecule has 1 unspecified atom stereocenters. The molecule has 0 N–H and O–H groups in total. The lowest BCUT2D eigenvalue weighted by atomic mass is 10.0. The van der Waals surface area contributed by atoms with Gasteiger partial charge in [-0.05, 0) is 12.1 Å². The first kappa shape index (κ1) is 18.2. The average molecular weight is 384 g/mol. The van der Waals surface area contributed by atoms with Crippen LogP contribution in [0.15, 0.2) is 42.7 Å². The highest BCUT2D eigenvalue weighted by molar-refractivity contribution is 5.56. The van der Waals surface area contributed by atoms with Gasteiger partial charge in [-0.3, -0.25) is 4.98 Å². The number of methoxy groups -OCH3 is 2. The molecule has 0 amide bonds. The van der Waals surface area contributed by atoms with Crippen molar-refractivity contribution in [3.63, 3.8) is 0 Å². The molecule has 8 heteroatoms. The van der Waals surface area contributed by atoms with Gasteiger partial charge in [-0.25, -0.2) is 14.4 Å². The van der Waals surface area contributed by atoms with E-state index in [0.717, 1.165) is 17.3 Å². The number of benzene rings is 1. The zero-order valence-electron chi connectivity index (χ0n) is 15.4. The van der Waals surface area contributed by atoms with Crippen LogP contribution in [0.4, 0.5) is 14.5 Å². The van der Waals surface area contributed by atoms with E-state index in [9.17, 15) is 8.78 Å². The Bertz CT molecular complexity index is 1000. The molecule has 28 heavy (non-hydrogen) atoms. The van der Waals surface area contributed by atoms with Crippen LogP contribution in [0, 0.1) is 11.6 Å². The van der Waals surface area contributed by atoms with E-state index in [2.05, 4.69) is 15.0 Å². The second-order valence-corrected chi connectivity index (χ2v) is 6.29. The molecule has 144 valence electrons.